The van der Waals surface area contributed by atoms with Gasteiger partial charge in [-0.2, -0.15) is 4.68 Å². The smallest absolute Gasteiger partial charge is 0.463 e. The number of hydrogen-bond donors (Lipinski definition) is 1. The second kappa shape index (κ2) is 14.1. The Hall–Kier alpha value is -4.45. The van der Waals surface area contributed by atoms with Gasteiger partial charge in [0, 0.05) is 26.5 Å². The molecular formula is C28H31F3N4O10. The quantitative estimate of drug-likeness (QED) is 0.325. The number of halogens is 3. The van der Waals surface area contributed by atoms with Crippen molar-refractivity contribution >= 4 is 17.7 Å². The van der Waals surface area contributed by atoms with Gasteiger partial charge in [-0.05, 0) is 62.4 Å². The first-order chi connectivity index (χ1) is 21.4. The van der Waals surface area contributed by atoms with Crippen molar-refractivity contribution in [3.63, 3.8) is 0 Å². The summed E-state index contributed by atoms with van der Waals surface area (Å²) < 4.78 is 76.0. The summed E-state index contributed by atoms with van der Waals surface area (Å²) in [6.45, 7) is 3.93. The molecule has 1 saturated heterocycles. The highest BCUT2D eigenvalue weighted by Gasteiger charge is 2.47. The van der Waals surface area contributed by atoms with Gasteiger partial charge >= 0.3 is 24.1 Å². The van der Waals surface area contributed by atoms with Gasteiger partial charge in [0.2, 0.25) is 12.1 Å². The standard InChI is InChI=1S/C28H31F3N4O10/c1-6-42-21-20(39-3)15(2)43-25(22(21)40-4)44-26(37)32-16-7-9-17(10-8-16)34-23(24(36)41-5)33-35(27(34)38)18-11-13-19(14-12-18)45-28(29,30)31/h7-15,20-22,25H,6H2,1-5H3,(H,32,37)/t15-,20-,21+,22+,25+/m0/s1. The molecule has 5 atom stereocenters. The number of hydrogen-bond acceptors (Lipinski definition) is 11. The van der Waals surface area contributed by atoms with Crippen molar-refractivity contribution < 1.29 is 55.9 Å². The number of aromatic nitrogens is 3. The number of methoxy groups -OCH3 is 3. The van der Waals surface area contributed by atoms with E-state index in [0.29, 0.717) is 6.61 Å². The maximum Gasteiger partial charge on any atom is 0.573 e. The van der Waals surface area contributed by atoms with E-state index in [1.165, 1.54) is 38.5 Å². The first kappa shape index (κ1) is 33.4. The number of benzene rings is 2. The largest absolute Gasteiger partial charge is 0.573 e. The molecule has 0 saturated carbocycles. The molecule has 1 aliphatic heterocycles. The number of rotatable bonds is 10. The SMILES string of the molecule is CCO[C@@H]1[C@@H](OC)[C@H](C)O[C@H](OC(=O)Nc2ccc(-n3c(C(=O)OC)nn(-c4ccc(OC(F)(F)F)cc4)c3=O)cc2)[C@@H]1OC. The van der Waals surface area contributed by atoms with Crippen LogP contribution in [0.15, 0.2) is 53.3 Å². The number of nitrogens with one attached hydrogen (secondary N) is 1. The summed E-state index contributed by atoms with van der Waals surface area (Å²) in [5.74, 6) is -1.88. The van der Waals surface area contributed by atoms with Gasteiger partial charge in [0.25, 0.3) is 0 Å². The first-order valence-electron chi connectivity index (χ1n) is 13.5. The monoisotopic (exact) mass is 640 g/mol. The molecule has 0 bridgehead atoms. The van der Waals surface area contributed by atoms with Gasteiger partial charge in [0.05, 0.1) is 24.6 Å². The third-order valence-electron chi connectivity index (χ3n) is 6.69. The lowest BCUT2D eigenvalue weighted by Gasteiger charge is -2.43. The number of esters is 1. The van der Waals surface area contributed by atoms with E-state index in [-0.39, 0.29) is 17.1 Å². The van der Waals surface area contributed by atoms with E-state index in [0.717, 1.165) is 40.6 Å². The maximum absolute atomic E-state index is 13.3. The normalized spacial score (nSPS) is 21.6. The third-order valence-corrected chi connectivity index (χ3v) is 6.69. The van der Waals surface area contributed by atoms with Crippen molar-refractivity contribution in [2.45, 2.75) is 50.9 Å². The molecule has 2 heterocycles. The Morgan fingerprint density at radius 3 is 2.13 bits per heavy atom. The number of carbonyl (C=O) groups is 2. The Balaban J connectivity index is 1.53. The Bertz CT molecular complexity index is 1530. The first-order valence-corrected chi connectivity index (χ1v) is 13.5. The van der Waals surface area contributed by atoms with E-state index in [9.17, 15) is 27.6 Å². The number of ether oxygens (including phenoxy) is 7. The van der Waals surface area contributed by atoms with Crippen LogP contribution >= 0.6 is 0 Å². The van der Waals surface area contributed by atoms with Crippen LogP contribution < -0.4 is 15.7 Å². The minimum absolute atomic E-state index is 0.0523. The number of amides is 1. The van der Waals surface area contributed by atoms with Crippen molar-refractivity contribution in [2.75, 3.05) is 33.3 Å². The molecule has 0 aliphatic carbocycles. The molecule has 0 unspecified atom stereocenters. The predicted molar refractivity (Wildman–Crippen MR) is 149 cm³/mol. The van der Waals surface area contributed by atoms with E-state index >= 15 is 0 Å². The van der Waals surface area contributed by atoms with E-state index in [1.54, 1.807) is 6.92 Å². The molecule has 244 valence electrons. The molecule has 1 aliphatic rings. The average Bonchev–Trinajstić information content (AvgIpc) is 3.34. The molecule has 45 heavy (non-hydrogen) atoms. The molecule has 2 aromatic carbocycles. The van der Waals surface area contributed by atoms with Crippen LogP contribution in [0.3, 0.4) is 0 Å². The molecule has 0 spiro atoms. The van der Waals surface area contributed by atoms with Crippen molar-refractivity contribution in [3.8, 4) is 17.1 Å². The lowest BCUT2D eigenvalue weighted by atomic mass is 9.99. The predicted octanol–water partition coefficient (Wildman–Crippen LogP) is 3.44. The molecule has 14 nitrogen and oxygen atoms in total. The van der Waals surface area contributed by atoms with E-state index < -0.39 is 66.4 Å². The molecular weight excluding hydrogens is 609 g/mol. The second-order valence-corrected chi connectivity index (χ2v) is 9.49. The van der Waals surface area contributed by atoms with E-state index in [2.05, 4.69) is 15.2 Å². The van der Waals surface area contributed by atoms with Gasteiger partial charge in [-0.15, -0.1) is 18.3 Å². The van der Waals surface area contributed by atoms with Crippen molar-refractivity contribution in [1.29, 1.82) is 0 Å². The molecule has 17 heteroatoms. The van der Waals surface area contributed by atoms with Gasteiger partial charge in [0.15, 0.2) is 0 Å². The van der Waals surface area contributed by atoms with Crippen LogP contribution in [0.2, 0.25) is 0 Å². The Labute approximate surface area is 254 Å². The molecule has 1 aromatic heterocycles. The zero-order valence-electron chi connectivity index (χ0n) is 24.8. The minimum Gasteiger partial charge on any atom is -0.463 e. The zero-order chi connectivity index (χ0) is 32.9. The summed E-state index contributed by atoms with van der Waals surface area (Å²) in [4.78, 5) is 38.6. The molecule has 4 rings (SSSR count). The third kappa shape index (κ3) is 7.62. The highest BCUT2D eigenvalue weighted by molar-refractivity contribution is 5.86. The number of anilines is 1. The Morgan fingerprint density at radius 1 is 0.956 bits per heavy atom. The van der Waals surface area contributed by atoms with Crippen LogP contribution in [-0.2, 0) is 28.4 Å². The summed E-state index contributed by atoms with van der Waals surface area (Å²) >= 11 is 0. The van der Waals surface area contributed by atoms with Crippen LogP contribution in [0.25, 0.3) is 11.4 Å². The molecule has 1 N–H and O–H groups in total. The summed E-state index contributed by atoms with van der Waals surface area (Å²) in [5, 5.41) is 6.57. The summed E-state index contributed by atoms with van der Waals surface area (Å²) in [7, 11) is 4.04. The van der Waals surface area contributed by atoms with Crippen LogP contribution in [-0.4, -0.2) is 91.4 Å². The summed E-state index contributed by atoms with van der Waals surface area (Å²) in [6.07, 6.45) is -9.18. The van der Waals surface area contributed by atoms with Gasteiger partial charge in [-0.3, -0.25) is 5.32 Å². The summed E-state index contributed by atoms with van der Waals surface area (Å²) in [6, 6.07) is 10.0. The molecule has 0 radical (unpaired) electrons. The van der Waals surface area contributed by atoms with Crippen molar-refractivity contribution in [2.24, 2.45) is 0 Å². The molecule has 3 aromatic rings. The van der Waals surface area contributed by atoms with Crippen molar-refractivity contribution in [1.82, 2.24) is 14.3 Å². The highest BCUT2D eigenvalue weighted by atomic mass is 19.4. The highest BCUT2D eigenvalue weighted by Crippen LogP contribution is 2.28. The number of carbonyl (C=O) groups excluding carboxylic acids is 2. The Morgan fingerprint density at radius 2 is 1.58 bits per heavy atom. The fraction of sp³-hybridized carbons (Fsp3) is 0.429. The zero-order valence-corrected chi connectivity index (χ0v) is 24.8. The number of nitrogens with zero attached hydrogens (tertiary/aromatic N) is 3. The minimum atomic E-state index is -4.90. The van der Waals surface area contributed by atoms with Crippen LogP contribution in [0.1, 0.15) is 24.5 Å². The van der Waals surface area contributed by atoms with Gasteiger partial charge in [-0.25, -0.2) is 19.0 Å². The maximum atomic E-state index is 13.3. The molecule has 1 amide bonds. The topological polar surface area (TPSA) is 151 Å². The van der Waals surface area contributed by atoms with Gasteiger partial charge in [0.1, 0.15) is 24.1 Å². The van der Waals surface area contributed by atoms with Gasteiger partial charge < -0.3 is 33.2 Å². The van der Waals surface area contributed by atoms with E-state index in [4.69, 9.17) is 28.4 Å². The number of alkyl halides is 3. The second-order valence-electron chi connectivity index (χ2n) is 9.49. The average molecular weight is 641 g/mol. The fourth-order valence-electron chi connectivity index (χ4n) is 4.75. The van der Waals surface area contributed by atoms with Crippen LogP contribution in [0, 0.1) is 0 Å². The molecule has 1 fully saturated rings. The lowest BCUT2D eigenvalue weighted by molar-refractivity contribution is -0.292. The summed E-state index contributed by atoms with van der Waals surface area (Å²) in [5.41, 5.74) is -0.349. The fourth-order valence-corrected chi connectivity index (χ4v) is 4.75. The van der Waals surface area contributed by atoms with Gasteiger partial charge in [-0.1, -0.05) is 0 Å². The lowest BCUT2D eigenvalue weighted by Crippen LogP contribution is -2.60. The van der Waals surface area contributed by atoms with Crippen molar-refractivity contribution in [3.05, 3.63) is 64.8 Å². The Kier molecular flexibility index (Phi) is 10.5. The van der Waals surface area contributed by atoms with Crippen LogP contribution in [0.4, 0.5) is 23.7 Å². The van der Waals surface area contributed by atoms with E-state index in [1.807, 2.05) is 6.92 Å². The van der Waals surface area contributed by atoms with Crippen LogP contribution in [0.5, 0.6) is 5.75 Å².